The fraction of sp³-hybridized carbons (Fsp3) is 1.00. The summed E-state index contributed by atoms with van der Waals surface area (Å²) < 4.78 is 0. The van der Waals surface area contributed by atoms with E-state index in [2.05, 4.69) is 5.29 Å². The molecule has 1 atom stereocenters. The van der Waals surface area contributed by atoms with Crippen molar-refractivity contribution in [1.82, 2.24) is 5.01 Å². The zero-order chi connectivity index (χ0) is 6.69. The lowest BCUT2D eigenvalue weighted by molar-refractivity contribution is 0.161. The Labute approximate surface area is 53.4 Å². The number of rotatable bonds is 2. The van der Waals surface area contributed by atoms with Gasteiger partial charge in [0.15, 0.2) is 0 Å². The van der Waals surface area contributed by atoms with E-state index in [1.165, 1.54) is 5.01 Å². The smallest absolute Gasteiger partial charge is 0.0734 e. The summed E-state index contributed by atoms with van der Waals surface area (Å²) in [5.74, 6) is 0. The highest BCUT2D eigenvalue weighted by molar-refractivity contribution is 4.74. The molecule has 9 heavy (non-hydrogen) atoms. The molecule has 0 bridgehead atoms. The quantitative estimate of drug-likeness (QED) is 0.540. The van der Waals surface area contributed by atoms with Gasteiger partial charge in [0, 0.05) is 6.54 Å². The van der Waals surface area contributed by atoms with Gasteiger partial charge in [-0.2, -0.15) is 0 Å². The van der Waals surface area contributed by atoms with E-state index in [9.17, 15) is 4.91 Å². The first-order chi connectivity index (χ1) is 4.38. The minimum atomic E-state index is -0.0116. The van der Waals surface area contributed by atoms with E-state index in [1.54, 1.807) is 0 Å². The van der Waals surface area contributed by atoms with Crippen LogP contribution in [0.25, 0.3) is 0 Å². The standard InChI is InChI=1S/C5H10N2O2/c8-4-5-2-1-3-7(5)6-9/h5,8H,1-4H2/t5-/m0/s1. The van der Waals surface area contributed by atoms with Gasteiger partial charge in [0.25, 0.3) is 0 Å². The third kappa shape index (κ3) is 1.18. The summed E-state index contributed by atoms with van der Waals surface area (Å²) in [5.41, 5.74) is 0. The fourth-order valence-corrected chi connectivity index (χ4v) is 1.11. The Kier molecular flexibility index (Phi) is 2.00. The summed E-state index contributed by atoms with van der Waals surface area (Å²) in [5, 5.41) is 12.8. The van der Waals surface area contributed by atoms with Gasteiger partial charge in [0.1, 0.15) is 0 Å². The van der Waals surface area contributed by atoms with E-state index in [4.69, 9.17) is 5.11 Å². The molecule has 1 fully saturated rings. The van der Waals surface area contributed by atoms with Gasteiger partial charge in [-0.3, -0.25) is 5.01 Å². The Morgan fingerprint density at radius 3 is 3.00 bits per heavy atom. The Hall–Kier alpha value is -0.640. The van der Waals surface area contributed by atoms with Crippen LogP contribution in [0, 0.1) is 4.91 Å². The van der Waals surface area contributed by atoms with Gasteiger partial charge in [-0.05, 0) is 12.8 Å². The van der Waals surface area contributed by atoms with Gasteiger partial charge in [-0.15, -0.1) is 4.91 Å². The molecule has 0 radical (unpaired) electrons. The molecular formula is C5H10N2O2. The zero-order valence-corrected chi connectivity index (χ0v) is 5.16. The molecule has 0 aromatic rings. The molecule has 0 saturated carbocycles. The number of hydrogen-bond donors (Lipinski definition) is 1. The molecule has 1 N–H and O–H groups in total. The van der Waals surface area contributed by atoms with Crippen molar-refractivity contribution >= 4 is 0 Å². The van der Waals surface area contributed by atoms with Crippen molar-refractivity contribution < 1.29 is 5.11 Å². The van der Waals surface area contributed by atoms with E-state index in [0.717, 1.165) is 12.8 Å². The van der Waals surface area contributed by atoms with Crippen LogP contribution in [0.1, 0.15) is 12.8 Å². The summed E-state index contributed by atoms with van der Waals surface area (Å²) in [6.45, 7) is 0.750. The molecule has 0 aliphatic carbocycles. The van der Waals surface area contributed by atoms with Gasteiger partial charge >= 0.3 is 0 Å². The molecule has 0 spiro atoms. The number of aliphatic hydroxyl groups is 1. The first-order valence-electron chi connectivity index (χ1n) is 3.09. The lowest BCUT2D eigenvalue weighted by Gasteiger charge is -2.13. The molecular weight excluding hydrogens is 120 g/mol. The topological polar surface area (TPSA) is 52.9 Å². The maximum absolute atomic E-state index is 9.94. The number of nitroso groups, excluding NO2 is 1. The molecule has 52 valence electrons. The summed E-state index contributed by atoms with van der Waals surface area (Å²) >= 11 is 0. The van der Waals surface area contributed by atoms with Gasteiger partial charge in [0.05, 0.1) is 17.9 Å². The first-order valence-corrected chi connectivity index (χ1v) is 3.09. The second kappa shape index (κ2) is 2.77. The summed E-state index contributed by atoms with van der Waals surface area (Å²) in [7, 11) is 0. The highest BCUT2D eigenvalue weighted by Crippen LogP contribution is 2.15. The van der Waals surface area contributed by atoms with E-state index in [0.29, 0.717) is 6.54 Å². The third-order valence-electron chi connectivity index (χ3n) is 1.66. The second-order valence-electron chi connectivity index (χ2n) is 2.22. The monoisotopic (exact) mass is 130 g/mol. The highest BCUT2D eigenvalue weighted by atomic mass is 16.3. The molecule has 1 saturated heterocycles. The van der Waals surface area contributed by atoms with E-state index < -0.39 is 0 Å². The minimum absolute atomic E-state index is 0.0116. The predicted octanol–water partition coefficient (Wildman–Crippen LogP) is 0.125. The van der Waals surface area contributed by atoms with Crippen LogP contribution >= 0.6 is 0 Å². The first kappa shape index (κ1) is 6.48. The molecule has 4 nitrogen and oxygen atoms in total. The van der Waals surface area contributed by atoms with Crippen LogP contribution in [0.15, 0.2) is 5.29 Å². The Morgan fingerprint density at radius 1 is 1.78 bits per heavy atom. The minimum Gasteiger partial charge on any atom is -0.394 e. The van der Waals surface area contributed by atoms with Crippen molar-refractivity contribution in [2.75, 3.05) is 13.2 Å². The molecule has 4 heteroatoms. The van der Waals surface area contributed by atoms with Crippen LogP contribution in [0.5, 0.6) is 0 Å². The zero-order valence-electron chi connectivity index (χ0n) is 5.16. The maximum atomic E-state index is 9.94. The average molecular weight is 130 g/mol. The van der Waals surface area contributed by atoms with Gasteiger partial charge < -0.3 is 5.11 Å². The summed E-state index contributed by atoms with van der Waals surface area (Å²) in [6.07, 6.45) is 1.86. The summed E-state index contributed by atoms with van der Waals surface area (Å²) in [6, 6.07) is -0.0116. The van der Waals surface area contributed by atoms with Crippen molar-refractivity contribution in [1.29, 1.82) is 0 Å². The van der Waals surface area contributed by atoms with E-state index in [1.807, 2.05) is 0 Å². The molecule has 0 amide bonds. The average Bonchev–Trinajstić information content (AvgIpc) is 2.33. The SMILES string of the molecule is O=NN1CCC[C@H]1CO. The molecule has 0 aromatic carbocycles. The molecule has 1 aliphatic heterocycles. The lowest BCUT2D eigenvalue weighted by Crippen LogP contribution is -2.26. The van der Waals surface area contributed by atoms with Crippen molar-refractivity contribution in [3.05, 3.63) is 4.91 Å². The van der Waals surface area contributed by atoms with E-state index in [-0.39, 0.29) is 12.6 Å². The van der Waals surface area contributed by atoms with Crippen LogP contribution < -0.4 is 0 Å². The maximum Gasteiger partial charge on any atom is 0.0734 e. The van der Waals surface area contributed by atoms with Gasteiger partial charge in [-0.1, -0.05) is 0 Å². The Balaban J connectivity index is 2.41. The Bertz CT molecular complexity index is 107. The molecule has 0 aromatic heterocycles. The summed E-state index contributed by atoms with van der Waals surface area (Å²) in [4.78, 5) is 9.94. The van der Waals surface area contributed by atoms with E-state index >= 15 is 0 Å². The Morgan fingerprint density at radius 2 is 2.56 bits per heavy atom. The van der Waals surface area contributed by atoms with Crippen LogP contribution in [0.3, 0.4) is 0 Å². The largest absolute Gasteiger partial charge is 0.394 e. The fourth-order valence-electron chi connectivity index (χ4n) is 1.11. The molecule has 1 rings (SSSR count). The van der Waals surface area contributed by atoms with Gasteiger partial charge in [-0.25, -0.2) is 0 Å². The lowest BCUT2D eigenvalue weighted by atomic mass is 10.2. The molecule has 1 aliphatic rings. The predicted molar refractivity (Wildman–Crippen MR) is 32.6 cm³/mol. The van der Waals surface area contributed by atoms with Crippen LogP contribution in [-0.2, 0) is 0 Å². The number of aliphatic hydroxyl groups excluding tert-OH is 1. The molecule has 1 heterocycles. The number of hydrogen-bond acceptors (Lipinski definition) is 3. The number of nitrogens with zero attached hydrogens (tertiary/aromatic N) is 2. The van der Waals surface area contributed by atoms with Crippen molar-refractivity contribution in [2.24, 2.45) is 5.29 Å². The van der Waals surface area contributed by atoms with Crippen molar-refractivity contribution in [3.8, 4) is 0 Å². The normalized spacial score (nSPS) is 26.8. The van der Waals surface area contributed by atoms with Crippen molar-refractivity contribution in [2.45, 2.75) is 18.9 Å². The second-order valence-corrected chi connectivity index (χ2v) is 2.22. The van der Waals surface area contributed by atoms with Crippen molar-refractivity contribution in [3.63, 3.8) is 0 Å². The third-order valence-corrected chi connectivity index (χ3v) is 1.66. The van der Waals surface area contributed by atoms with Crippen LogP contribution in [0.4, 0.5) is 0 Å². The van der Waals surface area contributed by atoms with Crippen LogP contribution in [0.2, 0.25) is 0 Å². The highest BCUT2D eigenvalue weighted by Gasteiger charge is 2.22. The molecule has 0 unspecified atom stereocenters. The van der Waals surface area contributed by atoms with Crippen LogP contribution in [-0.4, -0.2) is 29.3 Å². The van der Waals surface area contributed by atoms with Gasteiger partial charge in [0.2, 0.25) is 0 Å².